The summed E-state index contributed by atoms with van der Waals surface area (Å²) in [6.07, 6.45) is 5.10. The third-order valence-electron chi connectivity index (χ3n) is 7.67. The molecule has 0 fully saturated rings. The maximum Gasteiger partial charge on any atom is 0.340 e. The van der Waals surface area contributed by atoms with Crippen LogP contribution in [0.15, 0.2) is 166 Å². The van der Waals surface area contributed by atoms with Crippen LogP contribution in [-0.2, 0) is 31.6 Å². The summed E-state index contributed by atoms with van der Waals surface area (Å²) in [5, 5.41) is 23.4. The predicted octanol–water partition coefficient (Wildman–Crippen LogP) is 10.2. The number of rotatable bonds is 14. The highest BCUT2D eigenvalue weighted by Gasteiger charge is 2.17. The van der Waals surface area contributed by atoms with E-state index in [1.54, 1.807) is 78.8 Å². The van der Waals surface area contributed by atoms with E-state index in [2.05, 4.69) is 82.1 Å². The first-order valence-corrected chi connectivity index (χ1v) is 24.3. The molecular weight excluding hydrogens is 993 g/mol. The summed E-state index contributed by atoms with van der Waals surface area (Å²) in [5.74, 6) is 5.53. The number of aromatic nitrogens is 3. The van der Waals surface area contributed by atoms with Gasteiger partial charge in [-0.15, -0.1) is 35.3 Å². The van der Waals surface area contributed by atoms with Gasteiger partial charge in [0.2, 0.25) is 0 Å². The largest absolute Gasteiger partial charge is 0.471 e. The lowest BCUT2D eigenvalue weighted by molar-refractivity contribution is 0.0521. The first-order valence-electron chi connectivity index (χ1n) is 19.1. The van der Waals surface area contributed by atoms with E-state index >= 15 is 0 Å². The molecule has 1 aliphatic heterocycles. The zero-order valence-electron chi connectivity index (χ0n) is 34.3. The summed E-state index contributed by atoms with van der Waals surface area (Å²) < 4.78 is 10.6. The van der Waals surface area contributed by atoms with Gasteiger partial charge in [0, 0.05) is 46.5 Å². The van der Waals surface area contributed by atoms with Gasteiger partial charge in [0.1, 0.15) is 21.7 Å². The minimum atomic E-state index is -0.543. The van der Waals surface area contributed by atoms with E-state index in [0.717, 1.165) is 44.1 Å². The van der Waals surface area contributed by atoms with Crippen LogP contribution in [0.25, 0.3) is 0 Å². The smallest absolute Gasteiger partial charge is 0.340 e. The number of oxime groups is 1. The number of nitrogens with two attached hydrogens (primary N) is 1. The molecule has 1 aliphatic rings. The lowest BCUT2D eigenvalue weighted by Gasteiger charge is -2.15. The number of esters is 1. The number of hydroxylamine groups is 1. The van der Waals surface area contributed by atoms with Gasteiger partial charge in [0.05, 0.1) is 23.3 Å². The Morgan fingerprint density at radius 1 is 0.651 bits per heavy atom. The molecule has 4 heterocycles. The Morgan fingerprint density at radius 3 is 1.54 bits per heavy atom. The highest BCUT2D eigenvalue weighted by atomic mass is 79.9. The first-order chi connectivity index (χ1) is 31.0. The van der Waals surface area contributed by atoms with E-state index in [0.29, 0.717) is 46.9 Å². The number of halogens is 2. The Labute approximate surface area is 397 Å². The molecule has 1 amide bonds. The van der Waals surface area contributed by atoms with Crippen molar-refractivity contribution >= 4 is 84.9 Å². The summed E-state index contributed by atoms with van der Waals surface area (Å²) >= 11 is 11.1. The number of amides is 1. The zero-order chi connectivity index (χ0) is 45.3. The van der Waals surface area contributed by atoms with Gasteiger partial charge in [-0.05, 0) is 65.2 Å². The number of alkyl halides is 2. The minimum Gasteiger partial charge on any atom is -0.471 e. The second-order valence-electron chi connectivity index (χ2n) is 12.0. The highest BCUT2D eigenvalue weighted by molar-refractivity contribution is 9.11. The summed E-state index contributed by atoms with van der Waals surface area (Å²) in [5.41, 5.74) is 7.04. The van der Waals surface area contributed by atoms with Crippen molar-refractivity contribution in [2.75, 3.05) is 30.5 Å². The zero-order valence-corrected chi connectivity index (χ0v) is 39.9. The molecule has 0 radical (unpaired) electrons. The predicted molar refractivity (Wildman–Crippen MR) is 258 cm³/mol. The Kier molecular flexibility index (Phi) is 27.4. The molecule has 3 aromatic heterocycles. The van der Waals surface area contributed by atoms with Gasteiger partial charge in [0.25, 0.3) is 11.8 Å². The second-order valence-corrected chi connectivity index (χ2v) is 16.5. The van der Waals surface area contributed by atoms with Crippen LogP contribution in [0.4, 0.5) is 0 Å². The van der Waals surface area contributed by atoms with Crippen molar-refractivity contribution in [1.29, 1.82) is 0 Å². The molecule has 0 unspecified atom stereocenters. The molecule has 63 heavy (non-hydrogen) atoms. The fourth-order valence-electron chi connectivity index (χ4n) is 4.89. The fourth-order valence-corrected chi connectivity index (χ4v) is 7.72. The van der Waals surface area contributed by atoms with E-state index in [-0.39, 0.29) is 5.97 Å². The van der Waals surface area contributed by atoms with Crippen molar-refractivity contribution in [3.63, 3.8) is 0 Å². The van der Waals surface area contributed by atoms with Gasteiger partial charge in [-0.2, -0.15) is 0 Å². The van der Waals surface area contributed by atoms with E-state index in [4.69, 9.17) is 24.7 Å². The van der Waals surface area contributed by atoms with Crippen molar-refractivity contribution in [2.45, 2.75) is 39.3 Å². The van der Waals surface area contributed by atoms with Crippen molar-refractivity contribution in [3.05, 3.63) is 179 Å². The van der Waals surface area contributed by atoms with E-state index in [1.165, 1.54) is 22.9 Å². The van der Waals surface area contributed by atoms with Gasteiger partial charge in [-0.3, -0.25) is 10.0 Å². The van der Waals surface area contributed by atoms with Crippen LogP contribution in [-0.4, -0.2) is 73.6 Å². The summed E-state index contributed by atoms with van der Waals surface area (Å²) in [6, 6.07) is 40.9. The number of hydrogen-bond donors (Lipinski definition) is 4. The van der Waals surface area contributed by atoms with E-state index in [9.17, 15) is 9.59 Å². The number of nitrogens with zero attached hydrogens (tertiary/aromatic N) is 4. The van der Waals surface area contributed by atoms with Crippen LogP contribution in [0.3, 0.4) is 0 Å². The third kappa shape index (κ3) is 20.1. The molecule has 0 saturated heterocycles. The lowest BCUT2D eigenvalue weighted by atomic mass is 10.2. The standard InChI is InChI=1S/C15H14N2O2S.C15H15NO2S.C13H12N2O2S.C2H4Br2.H3NO/c1-2-5-12(6-3-1)11-20-15-13(7-4-8-16-15)14-17-19-10-9-18-14;1-2-18-15(17)13-9-6-10-16-14(13)19-11-12-7-4-3-5-8-12;16-12(15-17)11-7-4-8-14-13(11)18-9-10-5-2-1-3-6-10;3-1-2-4;1-2/h1-8H,9-11H2;3-10H,2,11H2,1H3;1-8,17H,9H2,(H,15,16);1-2H2;2H,1H2. The summed E-state index contributed by atoms with van der Waals surface area (Å²) in [6.45, 7) is 3.19. The fraction of sp³-hybridized carbons (Fsp3) is 0.200. The minimum absolute atomic E-state index is 0.314. The molecule has 0 aliphatic carbocycles. The maximum absolute atomic E-state index is 11.8. The number of pyridine rings is 3. The van der Waals surface area contributed by atoms with Crippen LogP contribution in [0.2, 0.25) is 0 Å². The molecule has 7 rings (SSSR count). The normalized spacial score (nSPS) is 11.0. The van der Waals surface area contributed by atoms with Crippen molar-refractivity contribution in [1.82, 2.24) is 20.4 Å². The highest BCUT2D eigenvalue weighted by Crippen LogP contribution is 2.27. The summed E-state index contributed by atoms with van der Waals surface area (Å²) in [4.78, 5) is 41.1. The van der Waals surface area contributed by atoms with Crippen LogP contribution in [0.1, 0.15) is 49.9 Å². The number of nitrogens with one attached hydrogen (secondary N) is 1. The molecule has 0 bridgehead atoms. The molecule has 3 aromatic carbocycles. The number of ether oxygens (including phenoxy) is 2. The molecule has 0 spiro atoms. The van der Waals surface area contributed by atoms with Crippen molar-refractivity contribution in [2.24, 2.45) is 11.1 Å². The Morgan fingerprint density at radius 2 is 1.10 bits per heavy atom. The Hall–Kier alpha value is -4.79. The molecule has 6 aromatic rings. The van der Waals surface area contributed by atoms with E-state index in [1.807, 2.05) is 78.9 Å². The van der Waals surface area contributed by atoms with E-state index < -0.39 is 5.91 Å². The van der Waals surface area contributed by atoms with Gasteiger partial charge in [0.15, 0.2) is 6.61 Å². The van der Waals surface area contributed by atoms with Gasteiger partial charge >= 0.3 is 5.97 Å². The van der Waals surface area contributed by atoms with Gasteiger partial charge < -0.3 is 19.5 Å². The average Bonchev–Trinajstić information content (AvgIpc) is 3.37. The Bertz CT molecular complexity index is 2220. The number of thioether (sulfide) groups is 3. The number of carbonyl (C=O) groups excluding carboxylic acids is 2. The van der Waals surface area contributed by atoms with Crippen LogP contribution in [0, 0.1) is 0 Å². The SMILES string of the molecule is BrCCBr.CCOC(=O)c1cccnc1SCc1ccccc1.NO.O=C(NO)c1cccnc1SCc1ccccc1.c1ccc(CSc2ncccc2C2=NOCCO2)cc1. The number of benzene rings is 3. The van der Waals surface area contributed by atoms with Crippen LogP contribution in [0.5, 0.6) is 0 Å². The monoisotopic (exact) mass is 1040 g/mol. The van der Waals surface area contributed by atoms with Crippen LogP contribution < -0.4 is 11.4 Å². The van der Waals surface area contributed by atoms with Gasteiger partial charge in [-0.25, -0.2) is 31.1 Å². The molecule has 0 atom stereocenters. The molecule has 0 saturated carbocycles. The quantitative estimate of drug-likeness (QED) is 0.0265. The topological polar surface area (TPSA) is 191 Å². The Balaban J connectivity index is 0.000000237. The third-order valence-corrected chi connectivity index (χ3v) is 12.8. The molecule has 332 valence electrons. The number of carbonyl (C=O) groups is 2. The second kappa shape index (κ2) is 32.8. The first kappa shape index (κ1) is 52.6. The molecule has 5 N–H and O–H groups in total. The lowest BCUT2D eigenvalue weighted by Crippen LogP contribution is -2.19. The maximum atomic E-state index is 11.8. The van der Waals surface area contributed by atoms with Crippen LogP contribution >= 0.6 is 67.1 Å². The summed E-state index contributed by atoms with van der Waals surface area (Å²) in [7, 11) is 0. The van der Waals surface area contributed by atoms with Gasteiger partial charge in [-0.1, -0.05) is 123 Å². The average molecular weight is 1040 g/mol. The van der Waals surface area contributed by atoms with Crippen molar-refractivity contribution in [3.8, 4) is 0 Å². The van der Waals surface area contributed by atoms with Crippen molar-refractivity contribution < 1.29 is 34.3 Å². The molecule has 13 nitrogen and oxygen atoms in total. The number of hydrogen-bond acceptors (Lipinski definition) is 15. The molecule has 18 heteroatoms. The molecular formula is C45H48Br2N6O7S3.